The van der Waals surface area contributed by atoms with Crippen LogP contribution in [0.2, 0.25) is 65.0 Å². The minimum atomic E-state index is -2.64. The maximum Gasteiger partial charge on any atom is 0.315 e. The van der Waals surface area contributed by atoms with Gasteiger partial charge in [-0.05, 0) is 77.8 Å². The van der Waals surface area contributed by atoms with Crippen molar-refractivity contribution in [3.63, 3.8) is 0 Å². The molecule has 0 aliphatic heterocycles. The molecular formula is C22H50N2O9Si4. The van der Waals surface area contributed by atoms with E-state index in [1.165, 1.54) is 0 Å². The summed E-state index contributed by atoms with van der Waals surface area (Å²) in [6.07, 6.45) is -0.821. The number of carbonyl (C=O) groups is 3. The van der Waals surface area contributed by atoms with E-state index < -0.39 is 51.9 Å². The molecule has 1 amide bonds. The highest BCUT2D eigenvalue weighted by Gasteiger charge is 2.44. The summed E-state index contributed by atoms with van der Waals surface area (Å²) in [6, 6.07) is 0.676. The molecule has 218 valence electrons. The molecule has 2 unspecified atom stereocenters. The molecular weight excluding hydrogens is 549 g/mol. The summed E-state index contributed by atoms with van der Waals surface area (Å²) in [5, 5.41) is 31.1. The number of rotatable bonds is 20. The van der Waals surface area contributed by atoms with Crippen molar-refractivity contribution < 1.29 is 42.0 Å². The highest BCUT2D eigenvalue weighted by Crippen LogP contribution is 2.28. The van der Waals surface area contributed by atoms with Crippen molar-refractivity contribution in [2.24, 2.45) is 0 Å². The van der Waals surface area contributed by atoms with Crippen LogP contribution in [0.4, 0.5) is 0 Å². The molecule has 0 rings (SSSR count). The van der Waals surface area contributed by atoms with Gasteiger partial charge in [-0.2, -0.15) is 0 Å². The zero-order valence-electron chi connectivity index (χ0n) is 24.2. The number of nitrogens with zero attached hydrogens (tertiary/aromatic N) is 1. The predicted molar refractivity (Wildman–Crippen MR) is 153 cm³/mol. The van der Waals surface area contributed by atoms with Gasteiger partial charge in [-0.15, -0.1) is 0 Å². The Kier molecular flexibility index (Phi) is 15.2. The normalized spacial score (nSPS) is 15.3. The van der Waals surface area contributed by atoms with Crippen LogP contribution >= 0.6 is 0 Å². The molecule has 0 heterocycles. The highest BCUT2D eigenvalue weighted by molar-refractivity contribution is 6.89. The first-order valence-corrected chi connectivity index (χ1v) is 25.0. The maximum atomic E-state index is 11.9. The van der Waals surface area contributed by atoms with E-state index in [1.54, 1.807) is 4.90 Å². The van der Waals surface area contributed by atoms with Gasteiger partial charge < -0.3 is 33.0 Å². The number of aliphatic carboxylic acids is 2. The maximum absolute atomic E-state index is 11.9. The average molecular weight is 599 g/mol. The van der Waals surface area contributed by atoms with E-state index in [0.29, 0.717) is 25.6 Å². The van der Waals surface area contributed by atoms with E-state index in [4.69, 9.17) is 22.6 Å². The topological polar surface area (TPSA) is 155 Å². The van der Waals surface area contributed by atoms with E-state index in [-0.39, 0.29) is 38.1 Å². The van der Waals surface area contributed by atoms with Crippen molar-refractivity contribution in [2.75, 3.05) is 19.6 Å². The molecule has 0 spiro atoms. The lowest BCUT2D eigenvalue weighted by atomic mass is 10.2. The number of hydrogen-bond acceptors (Lipinski definition) is 8. The van der Waals surface area contributed by atoms with Gasteiger partial charge in [0.2, 0.25) is 5.91 Å². The Morgan fingerprint density at radius 1 is 0.784 bits per heavy atom. The van der Waals surface area contributed by atoms with Gasteiger partial charge in [0, 0.05) is 32.5 Å². The molecule has 0 aromatic heterocycles. The lowest BCUT2D eigenvalue weighted by Crippen LogP contribution is -2.57. The van der Waals surface area contributed by atoms with Crippen molar-refractivity contribution in [2.45, 2.75) is 103 Å². The SMILES string of the molecule is C[Si](C)(C)O[Si](C)(C)O[Si](C)(CCCN(CCNC(=O)CCC(=O)O)C(O)CCC(=O)O)O[Si](C)(C)C. The molecule has 0 aromatic carbocycles. The van der Waals surface area contributed by atoms with Gasteiger partial charge in [0.05, 0.1) is 6.42 Å². The Morgan fingerprint density at radius 2 is 1.32 bits per heavy atom. The van der Waals surface area contributed by atoms with Crippen LogP contribution in [0, 0.1) is 0 Å². The van der Waals surface area contributed by atoms with Crippen LogP contribution in [-0.2, 0) is 26.7 Å². The van der Waals surface area contributed by atoms with Crippen molar-refractivity contribution in [1.82, 2.24) is 10.2 Å². The molecule has 0 aliphatic carbocycles. The summed E-state index contributed by atoms with van der Waals surface area (Å²) in [5.41, 5.74) is 0. The van der Waals surface area contributed by atoms with Crippen LogP contribution in [0.25, 0.3) is 0 Å². The molecule has 2 atom stereocenters. The second-order valence-corrected chi connectivity index (χ2v) is 28.3. The van der Waals surface area contributed by atoms with Gasteiger partial charge in [-0.25, -0.2) is 0 Å². The van der Waals surface area contributed by atoms with Crippen LogP contribution in [0.5, 0.6) is 0 Å². The molecule has 15 heteroatoms. The number of amides is 1. The lowest BCUT2D eigenvalue weighted by Gasteiger charge is -2.41. The summed E-state index contributed by atoms with van der Waals surface area (Å²) in [7, 11) is -8.82. The van der Waals surface area contributed by atoms with Gasteiger partial charge in [-0.3, -0.25) is 19.3 Å². The smallest absolute Gasteiger partial charge is 0.315 e. The second kappa shape index (κ2) is 15.6. The van der Waals surface area contributed by atoms with Gasteiger partial charge in [0.25, 0.3) is 0 Å². The molecule has 37 heavy (non-hydrogen) atoms. The number of hydrogen-bond donors (Lipinski definition) is 4. The van der Waals surface area contributed by atoms with E-state index in [0.717, 1.165) is 0 Å². The zero-order valence-corrected chi connectivity index (χ0v) is 28.2. The van der Waals surface area contributed by atoms with Gasteiger partial charge in [0.1, 0.15) is 6.23 Å². The number of carboxylic acids is 2. The third-order valence-corrected chi connectivity index (χ3v) is 18.5. The monoisotopic (exact) mass is 598 g/mol. The van der Waals surface area contributed by atoms with E-state index in [2.05, 4.69) is 64.2 Å². The van der Waals surface area contributed by atoms with Crippen LogP contribution in [0.3, 0.4) is 0 Å². The first-order chi connectivity index (χ1) is 16.6. The Labute approximate surface area is 226 Å². The minimum absolute atomic E-state index is 0.0584. The number of aliphatic hydroxyl groups is 1. The molecule has 4 N–H and O–H groups in total. The third-order valence-electron chi connectivity index (χ3n) is 4.94. The van der Waals surface area contributed by atoms with Crippen molar-refractivity contribution in [1.29, 1.82) is 0 Å². The largest absolute Gasteiger partial charge is 0.481 e. The molecule has 0 radical (unpaired) electrons. The van der Waals surface area contributed by atoms with Crippen LogP contribution in [-0.4, -0.2) is 97.7 Å². The Hall–Kier alpha value is -0.922. The zero-order chi connectivity index (χ0) is 29.1. The fourth-order valence-corrected chi connectivity index (χ4v) is 22.1. The fourth-order valence-electron chi connectivity index (χ4n) is 4.14. The molecule has 0 aliphatic rings. The van der Waals surface area contributed by atoms with Crippen LogP contribution in [0.15, 0.2) is 0 Å². The number of carboxylic acid groups (broad SMARTS) is 2. The highest BCUT2D eigenvalue weighted by atomic mass is 28.5. The molecule has 0 bridgehead atoms. The standard InChI is InChI=1S/C22H50N2O9Si4/c1-34(2,3)31-36(7,8)33-37(9,32-35(4,5)6)18-10-16-24(20(26)12-14-22(29)30)17-15-23-19(25)11-13-21(27)28/h20,26H,10-18H2,1-9H3,(H,23,25)(H,27,28)(H,29,30). The van der Waals surface area contributed by atoms with Crippen molar-refractivity contribution in [3.8, 4) is 0 Å². The summed E-state index contributed by atoms with van der Waals surface area (Å²) >= 11 is 0. The van der Waals surface area contributed by atoms with E-state index >= 15 is 0 Å². The first-order valence-electron chi connectivity index (χ1n) is 12.9. The number of aliphatic hydroxyl groups excluding tert-OH is 1. The van der Waals surface area contributed by atoms with Crippen molar-refractivity contribution in [3.05, 3.63) is 0 Å². The minimum Gasteiger partial charge on any atom is -0.481 e. The quantitative estimate of drug-likeness (QED) is 0.121. The lowest BCUT2D eigenvalue weighted by molar-refractivity contribution is -0.139. The summed E-state index contributed by atoms with van der Waals surface area (Å²) in [4.78, 5) is 35.3. The summed E-state index contributed by atoms with van der Waals surface area (Å²) in [5.74, 6) is -2.42. The van der Waals surface area contributed by atoms with E-state index in [9.17, 15) is 19.5 Å². The summed E-state index contributed by atoms with van der Waals surface area (Å²) in [6.45, 7) is 20.0. The average Bonchev–Trinajstić information content (AvgIpc) is 2.65. The predicted octanol–water partition coefficient (Wildman–Crippen LogP) is 3.34. The number of carbonyl (C=O) groups excluding carboxylic acids is 1. The van der Waals surface area contributed by atoms with E-state index in [1.807, 2.05) is 0 Å². The van der Waals surface area contributed by atoms with Crippen LogP contribution in [0.1, 0.15) is 32.1 Å². The fraction of sp³-hybridized carbons (Fsp3) is 0.864. The van der Waals surface area contributed by atoms with Crippen molar-refractivity contribution >= 4 is 51.6 Å². The Morgan fingerprint density at radius 3 is 1.81 bits per heavy atom. The van der Waals surface area contributed by atoms with Gasteiger partial charge in [0.15, 0.2) is 16.6 Å². The molecule has 0 saturated carbocycles. The Bertz CT molecular complexity index is 745. The second-order valence-electron chi connectivity index (χ2n) is 11.9. The third kappa shape index (κ3) is 19.8. The Balaban J connectivity index is 5.32. The molecule has 0 saturated heterocycles. The molecule has 11 nitrogen and oxygen atoms in total. The van der Waals surface area contributed by atoms with Gasteiger partial charge in [-0.1, -0.05) is 0 Å². The first kappa shape index (κ1) is 36.1. The molecule has 0 fully saturated rings. The molecule has 0 aromatic rings. The summed E-state index contributed by atoms with van der Waals surface area (Å²) < 4.78 is 19.7. The number of nitrogens with one attached hydrogen (secondary N) is 1. The van der Waals surface area contributed by atoms with Gasteiger partial charge >= 0.3 is 29.1 Å². The van der Waals surface area contributed by atoms with Crippen LogP contribution < -0.4 is 5.32 Å².